The minimum Gasteiger partial charge on any atom is -0.480 e. The van der Waals surface area contributed by atoms with E-state index in [9.17, 15) is 9.59 Å². The highest BCUT2D eigenvalue weighted by Crippen LogP contribution is 2.09. The lowest BCUT2D eigenvalue weighted by molar-refractivity contribution is -0.143. The molecule has 0 heterocycles. The second-order valence-corrected chi connectivity index (χ2v) is 4.21. The fourth-order valence-corrected chi connectivity index (χ4v) is 1.35. The third-order valence-corrected chi connectivity index (χ3v) is 2.39. The topological polar surface area (TPSA) is 75.6 Å². The molecule has 92 valence electrons. The van der Waals surface area contributed by atoms with E-state index in [0.717, 1.165) is 10.0 Å². The van der Waals surface area contributed by atoms with Crippen LogP contribution >= 0.6 is 15.9 Å². The zero-order valence-electron chi connectivity index (χ0n) is 8.98. The molecule has 1 rings (SSSR count). The van der Waals surface area contributed by atoms with E-state index in [4.69, 9.17) is 5.11 Å². The summed E-state index contributed by atoms with van der Waals surface area (Å²) in [6.07, 6.45) is 0. The van der Waals surface area contributed by atoms with Crippen LogP contribution < -0.4 is 5.32 Å². The van der Waals surface area contributed by atoms with Gasteiger partial charge in [-0.05, 0) is 17.7 Å². The van der Waals surface area contributed by atoms with Crippen molar-refractivity contribution in [3.8, 4) is 0 Å². The van der Waals surface area contributed by atoms with Crippen LogP contribution in [-0.2, 0) is 20.9 Å². The molecular formula is C11H12BrNO4. The minimum absolute atomic E-state index is 0.247. The monoisotopic (exact) mass is 301 g/mol. The maximum atomic E-state index is 11.2. The van der Waals surface area contributed by atoms with E-state index in [1.54, 1.807) is 0 Å². The van der Waals surface area contributed by atoms with Gasteiger partial charge in [0.1, 0.15) is 13.2 Å². The zero-order chi connectivity index (χ0) is 12.7. The molecule has 0 bridgehead atoms. The van der Waals surface area contributed by atoms with Gasteiger partial charge in [0, 0.05) is 11.0 Å². The van der Waals surface area contributed by atoms with Gasteiger partial charge in [-0.1, -0.05) is 28.1 Å². The van der Waals surface area contributed by atoms with E-state index in [1.807, 2.05) is 24.3 Å². The molecule has 2 N–H and O–H groups in total. The molecular weight excluding hydrogens is 290 g/mol. The number of aliphatic carboxylic acids is 1. The molecule has 0 aliphatic carbocycles. The van der Waals surface area contributed by atoms with Crippen LogP contribution in [0.15, 0.2) is 28.7 Å². The molecule has 1 aromatic carbocycles. The van der Waals surface area contributed by atoms with Crippen LogP contribution in [0.3, 0.4) is 0 Å². The van der Waals surface area contributed by atoms with Gasteiger partial charge in [0.25, 0.3) is 0 Å². The van der Waals surface area contributed by atoms with Gasteiger partial charge in [-0.25, -0.2) is 4.79 Å². The summed E-state index contributed by atoms with van der Waals surface area (Å²) in [5.41, 5.74) is 0.958. The standard InChI is InChI=1S/C11H12BrNO4/c12-9-3-1-8(2-4-9)5-13-10(14)6-17-7-11(15)16/h1-4H,5-7H2,(H,13,14)(H,15,16). The summed E-state index contributed by atoms with van der Waals surface area (Å²) in [7, 11) is 0. The first-order valence-electron chi connectivity index (χ1n) is 4.88. The van der Waals surface area contributed by atoms with Crippen molar-refractivity contribution in [3.05, 3.63) is 34.3 Å². The van der Waals surface area contributed by atoms with Crippen LogP contribution in [0.5, 0.6) is 0 Å². The number of halogens is 1. The Kier molecular flexibility index (Phi) is 5.65. The summed E-state index contributed by atoms with van der Waals surface area (Å²) in [5, 5.41) is 10.9. The number of carbonyl (C=O) groups is 2. The summed E-state index contributed by atoms with van der Waals surface area (Å²) < 4.78 is 5.62. The first-order valence-corrected chi connectivity index (χ1v) is 5.68. The average Bonchev–Trinajstić information content (AvgIpc) is 2.28. The third-order valence-electron chi connectivity index (χ3n) is 1.86. The maximum Gasteiger partial charge on any atom is 0.329 e. The Morgan fingerprint density at radius 3 is 2.47 bits per heavy atom. The average molecular weight is 302 g/mol. The van der Waals surface area contributed by atoms with Crippen LogP contribution in [0.25, 0.3) is 0 Å². The molecule has 0 aromatic heterocycles. The molecule has 0 radical (unpaired) electrons. The van der Waals surface area contributed by atoms with E-state index in [2.05, 4.69) is 26.0 Å². The fraction of sp³-hybridized carbons (Fsp3) is 0.273. The summed E-state index contributed by atoms with van der Waals surface area (Å²) in [6.45, 7) is -0.322. The number of rotatable bonds is 6. The van der Waals surface area contributed by atoms with Crippen LogP contribution in [0.2, 0.25) is 0 Å². The second kappa shape index (κ2) is 7.03. The molecule has 0 saturated heterocycles. The van der Waals surface area contributed by atoms with Crippen molar-refractivity contribution in [1.29, 1.82) is 0 Å². The fourth-order valence-electron chi connectivity index (χ4n) is 1.08. The van der Waals surface area contributed by atoms with E-state index in [0.29, 0.717) is 6.54 Å². The second-order valence-electron chi connectivity index (χ2n) is 3.29. The van der Waals surface area contributed by atoms with E-state index in [1.165, 1.54) is 0 Å². The Bertz CT molecular complexity index is 391. The van der Waals surface area contributed by atoms with Crippen molar-refractivity contribution in [1.82, 2.24) is 5.32 Å². The van der Waals surface area contributed by atoms with Crippen molar-refractivity contribution in [2.75, 3.05) is 13.2 Å². The van der Waals surface area contributed by atoms with Crippen LogP contribution in [0.4, 0.5) is 0 Å². The highest BCUT2D eigenvalue weighted by atomic mass is 79.9. The minimum atomic E-state index is -1.09. The number of hydrogen-bond acceptors (Lipinski definition) is 3. The van der Waals surface area contributed by atoms with Gasteiger partial charge in [-0.2, -0.15) is 0 Å². The number of carbonyl (C=O) groups excluding carboxylic acids is 1. The first-order chi connectivity index (χ1) is 8.08. The third kappa shape index (κ3) is 6.03. The van der Waals surface area contributed by atoms with E-state index in [-0.39, 0.29) is 12.5 Å². The molecule has 1 amide bonds. The molecule has 0 unspecified atom stereocenters. The lowest BCUT2D eigenvalue weighted by atomic mass is 10.2. The van der Waals surface area contributed by atoms with Gasteiger partial charge < -0.3 is 15.2 Å². The normalized spacial score (nSPS) is 9.94. The highest BCUT2D eigenvalue weighted by Gasteiger charge is 2.03. The van der Waals surface area contributed by atoms with Crippen LogP contribution in [0, 0.1) is 0 Å². The molecule has 0 spiro atoms. The molecule has 0 aliphatic rings. The van der Waals surface area contributed by atoms with E-state index >= 15 is 0 Å². The first kappa shape index (κ1) is 13.7. The van der Waals surface area contributed by atoms with Crippen molar-refractivity contribution < 1.29 is 19.4 Å². The number of carboxylic acid groups (broad SMARTS) is 1. The molecule has 0 fully saturated rings. The number of amides is 1. The number of ether oxygens (including phenoxy) is 1. The molecule has 1 aromatic rings. The SMILES string of the molecule is O=C(O)COCC(=O)NCc1ccc(Br)cc1. The molecule has 5 nitrogen and oxygen atoms in total. The Morgan fingerprint density at radius 2 is 1.88 bits per heavy atom. The van der Waals surface area contributed by atoms with Gasteiger partial charge in [0.05, 0.1) is 0 Å². The summed E-state index contributed by atoms with van der Waals surface area (Å²) in [6, 6.07) is 7.51. The number of carboxylic acids is 1. The zero-order valence-corrected chi connectivity index (χ0v) is 10.6. The molecule has 0 atom stereocenters. The Hall–Kier alpha value is -1.40. The molecule has 0 aliphatic heterocycles. The van der Waals surface area contributed by atoms with Crippen molar-refractivity contribution in [2.24, 2.45) is 0 Å². The smallest absolute Gasteiger partial charge is 0.329 e. The number of benzene rings is 1. The molecule has 0 saturated carbocycles. The quantitative estimate of drug-likeness (QED) is 0.827. The van der Waals surface area contributed by atoms with Crippen LogP contribution in [0.1, 0.15) is 5.56 Å². The van der Waals surface area contributed by atoms with Gasteiger partial charge in [0.15, 0.2) is 0 Å². The summed E-state index contributed by atoms with van der Waals surface area (Å²) in [5.74, 6) is -1.43. The van der Waals surface area contributed by atoms with Gasteiger partial charge in [-0.15, -0.1) is 0 Å². The van der Waals surface area contributed by atoms with Crippen molar-refractivity contribution in [3.63, 3.8) is 0 Å². The molecule has 17 heavy (non-hydrogen) atoms. The van der Waals surface area contributed by atoms with Crippen molar-refractivity contribution >= 4 is 27.8 Å². The van der Waals surface area contributed by atoms with Gasteiger partial charge in [0.2, 0.25) is 5.91 Å². The highest BCUT2D eigenvalue weighted by molar-refractivity contribution is 9.10. The largest absolute Gasteiger partial charge is 0.480 e. The predicted octanol–water partition coefficient (Wildman–Crippen LogP) is 1.17. The Labute approximate surface area is 107 Å². The summed E-state index contributed by atoms with van der Waals surface area (Å²) >= 11 is 3.31. The predicted molar refractivity (Wildman–Crippen MR) is 64.4 cm³/mol. The maximum absolute atomic E-state index is 11.2. The van der Waals surface area contributed by atoms with Gasteiger partial charge in [-0.3, -0.25) is 4.79 Å². The molecule has 6 heteroatoms. The lowest BCUT2D eigenvalue weighted by Gasteiger charge is -2.05. The number of nitrogens with one attached hydrogen (secondary N) is 1. The van der Waals surface area contributed by atoms with Crippen molar-refractivity contribution in [2.45, 2.75) is 6.54 Å². The Balaban J connectivity index is 2.23. The number of hydrogen-bond donors (Lipinski definition) is 2. The van der Waals surface area contributed by atoms with Crippen LogP contribution in [-0.4, -0.2) is 30.2 Å². The lowest BCUT2D eigenvalue weighted by Crippen LogP contribution is -2.28. The summed E-state index contributed by atoms with van der Waals surface area (Å²) in [4.78, 5) is 21.4. The Morgan fingerprint density at radius 1 is 1.24 bits per heavy atom. The van der Waals surface area contributed by atoms with E-state index < -0.39 is 12.6 Å². The van der Waals surface area contributed by atoms with Gasteiger partial charge >= 0.3 is 5.97 Å².